The summed E-state index contributed by atoms with van der Waals surface area (Å²) in [5.74, 6) is -1.25. The highest BCUT2D eigenvalue weighted by atomic mass is 19.1. The van der Waals surface area contributed by atoms with Crippen molar-refractivity contribution >= 4 is 11.6 Å². The summed E-state index contributed by atoms with van der Waals surface area (Å²) in [7, 11) is 0. The fourth-order valence-corrected chi connectivity index (χ4v) is 4.82. The van der Waals surface area contributed by atoms with Crippen LogP contribution in [0.1, 0.15) is 69.3 Å². The number of anilines is 1. The van der Waals surface area contributed by atoms with Crippen molar-refractivity contribution in [2.24, 2.45) is 0 Å². The molecule has 2 heterocycles. The zero-order valence-corrected chi connectivity index (χ0v) is 18.5. The summed E-state index contributed by atoms with van der Waals surface area (Å²) in [4.78, 5) is 16.2. The highest BCUT2D eigenvalue weighted by Crippen LogP contribution is 2.49. The van der Waals surface area contributed by atoms with E-state index in [1.807, 2.05) is 6.07 Å². The van der Waals surface area contributed by atoms with Crippen molar-refractivity contribution in [3.63, 3.8) is 0 Å². The summed E-state index contributed by atoms with van der Waals surface area (Å²) in [6, 6.07) is 9.22. The number of carbonyl (C=O) groups excluding carboxylic acids is 1. The van der Waals surface area contributed by atoms with Gasteiger partial charge in [-0.2, -0.15) is 5.10 Å². The van der Waals surface area contributed by atoms with Gasteiger partial charge in [0.1, 0.15) is 11.6 Å². The second kappa shape index (κ2) is 8.73. The Morgan fingerprint density at radius 2 is 1.91 bits per heavy atom. The van der Waals surface area contributed by atoms with Crippen molar-refractivity contribution in [2.75, 3.05) is 5.32 Å². The molecule has 166 valence electrons. The van der Waals surface area contributed by atoms with Crippen LogP contribution in [0.2, 0.25) is 0 Å². The molecule has 32 heavy (non-hydrogen) atoms. The Morgan fingerprint density at radius 1 is 1.16 bits per heavy atom. The number of halogens is 2. The molecule has 3 aromatic rings. The second-order valence-electron chi connectivity index (χ2n) is 8.32. The van der Waals surface area contributed by atoms with E-state index in [1.165, 1.54) is 25.1 Å². The number of carbonyl (C=O) groups is 1. The van der Waals surface area contributed by atoms with Crippen LogP contribution in [0.3, 0.4) is 0 Å². The highest BCUT2D eigenvalue weighted by Gasteiger charge is 2.43. The van der Waals surface area contributed by atoms with Gasteiger partial charge in [-0.3, -0.25) is 9.78 Å². The summed E-state index contributed by atoms with van der Waals surface area (Å²) in [6.07, 6.45) is 5.02. The van der Waals surface area contributed by atoms with Crippen LogP contribution in [-0.4, -0.2) is 21.1 Å². The molecule has 1 aliphatic carbocycles. The maximum absolute atomic E-state index is 14.4. The standard InChI is InChI=1S/C25H26F2N4O/c1-4-16-9-11-25(5-2,22-13-17(10-12-28-22)29-15(3)32)24-18(16)14-21(30-31-24)23-19(26)7-6-8-20(23)27/h6-8,10,12-14,16H,4-5,9,11H2,1-3H3,(H,28,29,32)/t16-,25+/m0/s1. The van der Waals surface area contributed by atoms with Crippen LogP contribution < -0.4 is 5.32 Å². The fourth-order valence-electron chi connectivity index (χ4n) is 4.82. The van der Waals surface area contributed by atoms with Crippen LogP contribution in [0.4, 0.5) is 14.5 Å². The first-order chi connectivity index (χ1) is 15.4. The molecule has 0 aliphatic heterocycles. The molecule has 1 aliphatic rings. The number of benzene rings is 1. The van der Waals surface area contributed by atoms with Gasteiger partial charge in [-0.25, -0.2) is 8.78 Å². The predicted octanol–water partition coefficient (Wildman–Crippen LogP) is 5.76. The first-order valence-corrected chi connectivity index (χ1v) is 11.0. The van der Waals surface area contributed by atoms with Gasteiger partial charge >= 0.3 is 0 Å². The minimum atomic E-state index is -0.658. The summed E-state index contributed by atoms with van der Waals surface area (Å²) >= 11 is 0. The molecule has 2 atom stereocenters. The first kappa shape index (κ1) is 22.0. The van der Waals surface area contributed by atoms with Gasteiger partial charge in [0, 0.05) is 18.8 Å². The summed E-state index contributed by atoms with van der Waals surface area (Å²) in [5.41, 5.74) is 2.79. The molecular formula is C25H26F2N4O. The lowest BCUT2D eigenvalue weighted by atomic mass is 9.65. The number of hydrogen-bond acceptors (Lipinski definition) is 4. The van der Waals surface area contributed by atoms with E-state index < -0.39 is 17.0 Å². The van der Waals surface area contributed by atoms with Gasteiger partial charge in [0.2, 0.25) is 5.91 Å². The van der Waals surface area contributed by atoms with Crippen LogP contribution in [0.5, 0.6) is 0 Å². The molecule has 4 rings (SSSR count). The fraction of sp³-hybridized carbons (Fsp3) is 0.360. The summed E-state index contributed by atoms with van der Waals surface area (Å²) in [5, 5.41) is 11.6. The quantitative estimate of drug-likeness (QED) is 0.552. The van der Waals surface area contributed by atoms with Gasteiger partial charge in [-0.05, 0) is 67.5 Å². The third-order valence-corrected chi connectivity index (χ3v) is 6.52. The van der Waals surface area contributed by atoms with E-state index in [9.17, 15) is 13.6 Å². The lowest BCUT2D eigenvalue weighted by Crippen LogP contribution is -2.35. The molecule has 0 radical (unpaired) electrons. The van der Waals surface area contributed by atoms with E-state index >= 15 is 0 Å². The molecule has 0 saturated carbocycles. The molecule has 0 unspecified atom stereocenters. The van der Waals surface area contributed by atoms with E-state index in [0.717, 1.165) is 42.6 Å². The Bertz CT molecular complexity index is 1150. The van der Waals surface area contributed by atoms with E-state index in [2.05, 4.69) is 34.3 Å². The number of amides is 1. The number of aromatic nitrogens is 3. The van der Waals surface area contributed by atoms with Gasteiger partial charge in [0.25, 0.3) is 0 Å². The number of nitrogens with one attached hydrogen (secondary N) is 1. The normalized spacial score (nSPS) is 20.0. The van der Waals surface area contributed by atoms with E-state index in [0.29, 0.717) is 5.69 Å². The Labute approximate surface area is 186 Å². The van der Waals surface area contributed by atoms with E-state index in [1.54, 1.807) is 18.3 Å². The van der Waals surface area contributed by atoms with Crippen LogP contribution >= 0.6 is 0 Å². The Hall–Kier alpha value is -3.22. The third kappa shape index (κ3) is 3.76. The van der Waals surface area contributed by atoms with Crippen molar-refractivity contribution in [3.05, 3.63) is 71.2 Å². The van der Waals surface area contributed by atoms with Gasteiger partial charge in [0.15, 0.2) is 0 Å². The topological polar surface area (TPSA) is 67.8 Å². The highest BCUT2D eigenvalue weighted by molar-refractivity contribution is 5.88. The lowest BCUT2D eigenvalue weighted by molar-refractivity contribution is -0.114. The SMILES string of the molecule is CC[C@H]1CC[C@](CC)(c2cc(NC(C)=O)ccn2)c2nnc(-c3c(F)cccc3F)cc21. The van der Waals surface area contributed by atoms with Crippen LogP contribution in [-0.2, 0) is 10.2 Å². The Morgan fingerprint density at radius 3 is 2.56 bits per heavy atom. The molecule has 0 saturated heterocycles. The Balaban J connectivity index is 1.88. The molecule has 0 bridgehead atoms. The molecular weight excluding hydrogens is 410 g/mol. The molecule has 1 amide bonds. The molecule has 1 aromatic carbocycles. The number of nitrogens with zero attached hydrogens (tertiary/aromatic N) is 3. The zero-order valence-electron chi connectivity index (χ0n) is 18.5. The number of rotatable bonds is 5. The van der Waals surface area contributed by atoms with E-state index in [-0.39, 0.29) is 23.1 Å². The summed E-state index contributed by atoms with van der Waals surface area (Å²) in [6.45, 7) is 5.65. The minimum absolute atomic E-state index is 0.154. The van der Waals surface area contributed by atoms with Gasteiger partial charge in [-0.1, -0.05) is 19.9 Å². The largest absolute Gasteiger partial charge is 0.326 e. The second-order valence-corrected chi connectivity index (χ2v) is 8.32. The average molecular weight is 437 g/mol. The van der Waals surface area contributed by atoms with Gasteiger partial charge in [-0.15, -0.1) is 5.10 Å². The third-order valence-electron chi connectivity index (χ3n) is 6.52. The summed E-state index contributed by atoms with van der Waals surface area (Å²) < 4.78 is 28.9. The van der Waals surface area contributed by atoms with Gasteiger partial charge < -0.3 is 5.32 Å². The minimum Gasteiger partial charge on any atom is -0.326 e. The van der Waals surface area contributed by atoms with Gasteiger partial charge in [0.05, 0.1) is 28.1 Å². The number of fused-ring (bicyclic) bond motifs is 1. The number of hydrogen-bond donors (Lipinski definition) is 1. The lowest BCUT2D eigenvalue weighted by Gasteiger charge is -2.40. The van der Waals surface area contributed by atoms with Crippen molar-refractivity contribution in [1.29, 1.82) is 0 Å². The van der Waals surface area contributed by atoms with Crippen LogP contribution in [0, 0.1) is 11.6 Å². The monoisotopic (exact) mass is 436 g/mol. The van der Waals surface area contributed by atoms with E-state index in [4.69, 9.17) is 0 Å². The predicted molar refractivity (Wildman–Crippen MR) is 119 cm³/mol. The zero-order chi connectivity index (χ0) is 22.9. The number of pyridine rings is 1. The van der Waals surface area contributed by atoms with Crippen molar-refractivity contribution < 1.29 is 13.6 Å². The Kier molecular flexibility index (Phi) is 6.00. The molecule has 2 aromatic heterocycles. The molecule has 1 N–H and O–H groups in total. The van der Waals surface area contributed by atoms with Crippen LogP contribution in [0.25, 0.3) is 11.3 Å². The molecule has 7 heteroatoms. The average Bonchev–Trinajstić information content (AvgIpc) is 2.78. The van der Waals surface area contributed by atoms with Crippen LogP contribution in [0.15, 0.2) is 42.6 Å². The smallest absolute Gasteiger partial charge is 0.221 e. The maximum Gasteiger partial charge on any atom is 0.221 e. The molecule has 0 spiro atoms. The molecule has 5 nitrogen and oxygen atoms in total. The molecule has 0 fully saturated rings. The van der Waals surface area contributed by atoms with Crippen molar-refractivity contribution in [2.45, 2.75) is 57.8 Å². The van der Waals surface area contributed by atoms with Crippen molar-refractivity contribution in [1.82, 2.24) is 15.2 Å². The van der Waals surface area contributed by atoms with Crippen molar-refractivity contribution in [3.8, 4) is 11.3 Å². The first-order valence-electron chi connectivity index (χ1n) is 11.0. The maximum atomic E-state index is 14.4.